The van der Waals surface area contributed by atoms with Crippen molar-refractivity contribution in [1.82, 2.24) is 9.55 Å². The zero-order valence-electron chi connectivity index (χ0n) is 10.5. The van der Waals surface area contributed by atoms with Crippen LogP contribution in [0.15, 0.2) is 24.3 Å². The summed E-state index contributed by atoms with van der Waals surface area (Å²) >= 11 is 0. The molecule has 0 radical (unpaired) electrons. The van der Waals surface area contributed by atoms with Gasteiger partial charge in [0.1, 0.15) is 0 Å². The first-order valence-electron chi connectivity index (χ1n) is 5.98. The van der Waals surface area contributed by atoms with Crippen molar-refractivity contribution in [3.05, 3.63) is 24.3 Å². The molecule has 1 heterocycles. The van der Waals surface area contributed by atoms with Gasteiger partial charge in [-0.2, -0.15) is 0 Å². The summed E-state index contributed by atoms with van der Waals surface area (Å²) in [4.78, 5) is 4.55. The lowest BCUT2D eigenvalue weighted by atomic mass is 10.3. The minimum absolute atomic E-state index is 0.332. The van der Waals surface area contributed by atoms with Crippen molar-refractivity contribution in [3.8, 4) is 0 Å². The number of benzene rings is 1. The number of rotatable bonds is 4. The first-order valence-corrected chi connectivity index (χ1v) is 5.98. The number of anilines is 1. The van der Waals surface area contributed by atoms with Gasteiger partial charge in [0.15, 0.2) is 0 Å². The Labute approximate surface area is 101 Å². The molecule has 92 valence electrons. The van der Waals surface area contributed by atoms with Gasteiger partial charge in [-0.3, -0.25) is 0 Å². The number of aliphatic hydroxyl groups excluding tert-OH is 1. The molecule has 0 spiro atoms. The average molecular weight is 233 g/mol. The molecule has 0 bridgehead atoms. The maximum Gasteiger partial charge on any atom is 0.204 e. The van der Waals surface area contributed by atoms with Crippen LogP contribution in [-0.2, 0) is 0 Å². The predicted molar refractivity (Wildman–Crippen MR) is 70.3 cm³/mol. The standard InChI is InChI=1S/C13H19N3O/c1-9(2)16-12-7-5-4-6-11(12)15-13(16)14-8-10(3)17/h4-7,9-10,17H,8H2,1-3H3,(H,14,15). The number of nitrogens with one attached hydrogen (secondary N) is 1. The highest BCUT2D eigenvalue weighted by atomic mass is 16.3. The second kappa shape index (κ2) is 4.75. The highest BCUT2D eigenvalue weighted by molar-refractivity contribution is 5.78. The Morgan fingerprint density at radius 2 is 2.00 bits per heavy atom. The Kier molecular flexibility index (Phi) is 3.33. The highest BCUT2D eigenvalue weighted by Crippen LogP contribution is 2.23. The summed E-state index contributed by atoms with van der Waals surface area (Å²) in [5, 5.41) is 12.5. The fourth-order valence-corrected chi connectivity index (χ4v) is 1.93. The van der Waals surface area contributed by atoms with E-state index < -0.39 is 0 Å². The minimum atomic E-state index is -0.379. The summed E-state index contributed by atoms with van der Waals surface area (Å²) in [5.74, 6) is 0.821. The summed E-state index contributed by atoms with van der Waals surface area (Å²) in [6.07, 6.45) is -0.379. The van der Waals surface area contributed by atoms with E-state index in [2.05, 4.69) is 34.8 Å². The van der Waals surface area contributed by atoms with E-state index in [0.29, 0.717) is 12.6 Å². The molecule has 17 heavy (non-hydrogen) atoms. The second-order valence-corrected chi connectivity index (χ2v) is 4.62. The van der Waals surface area contributed by atoms with Gasteiger partial charge in [0.25, 0.3) is 0 Å². The fourth-order valence-electron chi connectivity index (χ4n) is 1.93. The number of aliphatic hydroxyl groups is 1. The van der Waals surface area contributed by atoms with Crippen LogP contribution in [0.5, 0.6) is 0 Å². The van der Waals surface area contributed by atoms with Crippen LogP contribution in [-0.4, -0.2) is 27.3 Å². The van der Waals surface area contributed by atoms with E-state index in [-0.39, 0.29) is 6.10 Å². The molecular weight excluding hydrogens is 214 g/mol. The molecule has 0 saturated heterocycles. The first kappa shape index (κ1) is 11.9. The quantitative estimate of drug-likeness (QED) is 0.852. The molecule has 4 heteroatoms. The third kappa shape index (κ3) is 2.42. The number of hydrogen-bond donors (Lipinski definition) is 2. The molecule has 2 aromatic rings. The molecular formula is C13H19N3O. The molecule has 2 rings (SSSR count). The number of imidazole rings is 1. The van der Waals surface area contributed by atoms with Crippen LogP contribution in [0, 0.1) is 0 Å². The van der Waals surface area contributed by atoms with E-state index in [1.54, 1.807) is 6.92 Å². The van der Waals surface area contributed by atoms with Gasteiger partial charge >= 0.3 is 0 Å². The maximum absolute atomic E-state index is 9.32. The Hall–Kier alpha value is -1.55. The zero-order chi connectivity index (χ0) is 12.4. The third-order valence-corrected chi connectivity index (χ3v) is 2.67. The SMILES string of the molecule is CC(O)CNc1nc2ccccc2n1C(C)C. The summed E-state index contributed by atoms with van der Waals surface area (Å²) in [6, 6.07) is 8.40. The number of nitrogens with zero attached hydrogens (tertiary/aromatic N) is 2. The summed E-state index contributed by atoms with van der Waals surface area (Å²) in [5.41, 5.74) is 2.10. The highest BCUT2D eigenvalue weighted by Gasteiger charge is 2.12. The van der Waals surface area contributed by atoms with Crippen molar-refractivity contribution in [1.29, 1.82) is 0 Å². The number of para-hydroxylation sites is 2. The van der Waals surface area contributed by atoms with Crippen molar-refractivity contribution in [2.45, 2.75) is 32.9 Å². The first-order chi connectivity index (χ1) is 8.09. The molecule has 0 saturated carbocycles. The monoisotopic (exact) mass is 233 g/mol. The van der Waals surface area contributed by atoms with Crippen LogP contribution in [0.2, 0.25) is 0 Å². The topological polar surface area (TPSA) is 50.1 Å². The molecule has 1 aromatic heterocycles. The molecule has 0 aliphatic carbocycles. The van der Waals surface area contributed by atoms with Crippen LogP contribution < -0.4 is 5.32 Å². The Bertz CT molecular complexity index is 502. The molecule has 2 N–H and O–H groups in total. The van der Waals surface area contributed by atoms with Gasteiger partial charge < -0.3 is 15.0 Å². The smallest absolute Gasteiger partial charge is 0.204 e. The Morgan fingerprint density at radius 1 is 1.29 bits per heavy atom. The van der Waals surface area contributed by atoms with E-state index in [1.807, 2.05) is 18.2 Å². The van der Waals surface area contributed by atoms with Gasteiger partial charge in [-0.05, 0) is 32.9 Å². The van der Waals surface area contributed by atoms with Gasteiger partial charge in [-0.15, -0.1) is 0 Å². The maximum atomic E-state index is 9.32. The lowest BCUT2D eigenvalue weighted by molar-refractivity contribution is 0.208. The van der Waals surface area contributed by atoms with Gasteiger partial charge in [0, 0.05) is 12.6 Å². The summed E-state index contributed by atoms with van der Waals surface area (Å²) in [6.45, 7) is 6.52. The summed E-state index contributed by atoms with van der Waals surface area (Å²) in [7, 11) is 0. The van der Waals surface area contributed by atoms with E-state index in [9.17, 15) is 5.11 Å². The van der Waals surface area contributed by atoms with E-state index in [1.165, 1.54) is 0 Å². The van der Waals surface area contributed by atoms with Crippen molar-refractivity contribution >= 4 is 17.0 Å². The van der Waals surface area contributed by atoms with E-state index in [4.69, 9.17) is 0 Å². The Morgan fingerprint density at radius 3 is 2.65 bits per heavy atom. The Balaban J connectivity index is 2.43. The van der Waals surface area contributed by atoms with E-state index in [0.717, 1.165) is 17.0 Å². The largest absolute Gasteiger partial charge is 0.392 e. The lowest BCUT2D eigenvalue weighted by Gasteiger charge is -2.14. The molecule has 1 atom stereocenters. The minimum Gasteiger partial charge on any atom is -0.392 e. The van der Waals surface area contributed by atoms with Gasteiger partial charge in [-0.25, -0.2) is 4.98 Å². The molecule has 1 aromatic carbocycles. The van der Waals surface area contributed by atoms with Gasteiger partial charge in [0.2, 0.25) is 5.95 Å². The molecule has 4 nitrogen and oxygen atoms in total. The summed E-state index contributed by atoms with van der Waals surface area (Å²) < 4.78 is 2.15. The molecule has 0 aliphatic heterocycles. The zero-order valence-corrected chi connectivity index (χ0v) is 10.5. The number of hydrogen-bond acceptors (Lipinski definition) is 3. The van der Waals surface area contributed by atoms with Crippen molar-refractivity contribution in [2.24, 2.45) is 0 Å². The molecule has 1 unspecified atom stereocenters. The molecule has 0 aliphatic rings. The second-order valence-electron chi connectivity index (χ2n) is 4.62. The van der Waals surface area contributed by atoms with Crippen LogP contribution in [0.3, 0.4) is 0 Å². The van der Waals surface area contributed by atoms with Crippen molar-refractivity contribution in [3.63, 3.8) is 0 Å². The fraction of sp³-hybridized carbons (Fsp3) is 0.462. The van der Waals surface area contributed by atoms with Gasteiger partial charge in [0.05, 0.1) is 17.1 Å². The molecule has 0 fully saturated rings. The van der Waals surface area contributed by atoms with Crippen LogP contribution in [0.1, 0.15) is 26.8 Å². The van der Waals surface area contributed by atoms with Crippen molar-refractivity contribution in [2.75, 3.05) is 11.9 Å². The van der Waals surface area contributed by atoms with Crippen molar-refractivity contribution < 1.29 is 5.11 Å². The number of fused-ring (bicyclic) bond motifs is 1. The predicted octanol–water partition coefficient (Wildman–Crippen LogP) is 2.41. The average Bonchev–Trinajstić information content (AvgIpc) is 2.64. The van der Waals surface area contributed by atoms with Crippen LogP contribution >= 0.6 is 0 Å². The van der Waals surface area contributed by atoms with Crippen LogP contribution in [0.25, 0.3) is 11.0 Å². The van der Waals surface area contributed by atoms with Gasteiger partial charge in [-0.1, -0.05) is 12.1 Å². The normalized spacial score (nSPS) is 13.2. The van der Waals surface area contributed by atoms with Crippen LogP contribution in [0.4, 0.5) is 5.95 Å². The third-order valence-electron chi connectivity index (χ3n) is 2.67. The lowest BCUT2D eigenvalue weighted by Crippen LogP contribution is -2.18. The number of aromatic nitrogens is 2. The van der Waals surface area contributed by atoms with E-state index >= 15 is 0 Å². The molecule has 0 amide bonds.